The number of hydrogen-bond donors (Lipinski definition) is 2. The van der Waals surface area contributed by atoms with E-state index >= 15 is 0 Å². The maximum atomic E-state index is 9.71. The molecule has 0 radical (unpaired) electrons. The molecule has 3 N–H and O–H groups in total. The van der Waals surface area contributed by atoms with Crippen LogP contribution in [0.25, 0.3) is 11.1 Å². The molecular weight excluding hydrogens is 252 g/mol. The first-order chi connectivity index (χ1) is 9.35. The molecule has 1 aromatic heterocycles. The number of aromatic nitrogens is 1. The van der Waals surface area contributed by atoms with Gasteiger partial charge in [-0.15, -0.1) is 0 Å². The van der Waals surface area contributed by atoms with Crippen molar-refractivity contribution in [2.75, 3.05) is 12.3 Å². The molecular formula is C16H20N2O2. The molecule has 106 valence electrons. The first kappa shape index (κ1) is 14.3. The zero-order valence-electron chi connectivity index (χ0n) is 12.1. The Morgan fingerprint density at radius 2 is 2.00 bits per heavy atom. The summed E-state index contributed by atoms with van der Waals surface area (Å²) in [6.07, 6.45) is 1.69. The van der Waals surface area contributed by atoms with E-state index in [1.807, 2.05) is 37.3 Å². The number of aliphatic hydroxyl groups is 1. The molecule has 0 unspecified atom stereocenters. The van der Waals surface area contributed by atoms with E-state index in [-0.39, 0.29) is 6.61 Å². The smallest absolute Gasteiger partial charge is 0.123 e. The summed E-state index contributed by atoms with van der Waals surface area (Å²) in [6.45, 7) is 5.71. The lowest BCUT2D eigenvalue weighted by Crippen LogP contribution is -2.27. The highest BCUT2D eigenvalue weighted by Crippen LogP contribution is 2.28. The van der Waals surface area contributed by atoms with Gasteiger partial charge in [-0.1, -0.05) is 6.07 Å². The van der Waals surface area contributed by atoms with E-state index < -0.39 is 5.60 Å². The zero-order valence-corrected chi connectivity index (χ0v) is 12.1. The van der Waals surface area contributed by atoms with Crippen molar-refractivity contribution in [3.63, 3.8) is 0 Å². The predicted molar refractivity (Wildman–Crippen MR) is 80.6 cm³/mol. The number of ether oxygens (including phenoxy) is 1. The summed E-state index contributed by atoms with van der Waals surface area (Å²) in [4.78, 5) is 4.00. The Morgan fingerprint density at radius 3 is 2.65 bits per heavy atom. The second-order valence-corrected chi connectivity index (χ2v) is 5.55. The van der Waals surface area contributed by atoms with Crippen LogP contribution in [0.3, 0.4) is 0 Å². The monoisotopic (exact) mass is 272 g/mol. The molecule has 4 heteroatoms. The minimum absolute atomic E-state index is 0.244. The van der Waals surface area contributed by atoms with Crippen LogP contribution in [-0.2, 0) is 0 Å². The van der Waals surface area contributed by atoms with Crippen LogP contribution in [0.2, 0.25) is 0 Å². The molecule has 0 saturated carbocycles. The summed E-state index contributed by atoms with van der Waals surface area (Å²) < 4.78 is 5.62. The van der Waals surface area contributed by atoms with Crippen molar-refractivity contribution in [1.82, 2.24) is 4.98 Å². The summed E-state index contributed by atoms with van der Waals surface area (Å²) in [7, 11) is 0. The standard InChI is InChI=1S/C16H20N2O2/c1-11-4-5-13(20-10-16(2,3)19)9-14(11)12-6-7-18-15(17)8-12/h4-9,19H,10H2,1-3H3,(H2,17,18). The molecule has 0 spiro atoms. The SMILES string of the molecule is Cc1ccc(OCC(C)(C)O)cc1-c1ccnc(N)c1. The van der Waals surface area contributed by atoms with E-state index in [2.05, 4.69) is 4.98 Å². The van der Waals surface area contributed by atoms with E-state index in [0.29, 0.717) is 5.82 Å². The van der Waals surface area contributed by atoms with Crippen molar-refractivity contribution in [1.29, 1.82) is 0 Å². The van der Waals surface area contributed by atoms with Crippen molar-refractivity contribution in [3.8, 4) is 16.9 Å². The highest BCUT2D eigenvalue weighted by atomic mass is 16.5. The first-order valence-electron chi connectivity index (χ1n) is 6.53. The lowest BCUT2D eigenvalue weighted by atomic mass is 10.0. The van der Waals surface area contributed by atoms with E-state index in [4.69, 9.17) is 10.5 Å². The number of anilines is 1. The van der Waals surface area contributed by atoms with Crippen LogP contribution in [0.1, 0.15) is 19.4 Å². The Labute approximate surface area is 119 Å². The lowest BCUT2D eigenvalue weighted by molar-refractivity contribution is 0.0285. The van der Waals surface area contributed by atoms with E-state index in [1.165, 1.54) is 0 Å². The van der Waals surface area contributed by atoms with Gasteiger partial charge in [0.25, 0.3) is 0 Å². The fraction of sp³-hybridized carbons (Fsp3) is 0.312. The number of nitrogens with zero attached hydrogens (tertiary/aromatic N) is 1. The molecule has 2 rings (SSSR count). The Kier molecular flexibility index (Phi) is 3.95. The third kappa shape index (κ3) is 3.71. The summed E-state index contributed by atoms with van der Waals surface area (Å²) in [5.74, 6) is 1.22. The molecule has 0 fully saturated rings. The van der Waals surface area contributed by atoms with Gasteiger partial charge < -0.3 is 15.6 Å². The van der Waals surface area contributed by atoms with Gasteiger partial charge in [-0.3, -0.25) is 0 Å². The quantitative estimate of drug-likeness (QED) is 0.898. The molecule has 0 amide bonds. The molecule has 0 aliphatic carbocycles. The molecule has 4 nitrogen and oxygen atoms in total. The maximum absolute atomic E-state index is 9.71. The number of aryl methyl sites for hydroxylation is 1. The molecule has 0 saturated heterocycles. The molecule has 1 aromatic carbocycles. The Hall–Kier alpha value is -2.07. The van der Waals surface area contributed by atoms with E-state index in [9.17, 15) is 5.11 Å². The molecule has 1 heterocycles. The number of nitrogen functional groups attached to an aromatic ring is 1. The van der Waals surface area contributed by atoms with Crippen LogP contribution >= 0.6 is 0 Å². The average molecular weight is 272 g/mol. The number of rotatable bonds is 4. The Morgan fingerprint density at radius 1 is 1.25 bits per heavy atom. The highest BCUT2D eigenvalue weighted by Gasteiger charge is 2.14. The van der Waals surface area contributed by atoms with Gasteiger partial charge in [-0.05, 0) is 61.7 Å². The average Bonchev–Trinajstić information content (AvgIpc) is 2.37. The minimum atomic E-state index is -0.855. The van der Waals surface area contributed by atoms with Crippen molar-refractivity contribution in [2.24, 2.45) is 0 Å². The van der Waals surface area contributed by atoms with Crippen LogP contribution in [0.4, 0.5) is 5.82 Å². The van der Waals surface area contributed by atoms with Crippen LogP contribution in [-0.4, -0.2) is 22.3 Å². The molecule has 0 atom stereocenters. The van der Waals surface area contributed by atoms with Gasteiger partial charge >= 0.3 is 0 Å². The summed E-state index contributed by atoms with van der Waals surface area (Å²) >= 11 is 0. The highest BCUT2D eigenvalue weighted by molar-refractivity contribution is 5.70. The van der Waals surface area contributed by atoms with Crippen LogP contribution in [0.15, 0.2) is 36.5 Å². The van der Waals surface area contributed by atoms with Crippen molar-refractivity contribution < 1.29 is 9.84 Å². The number of nitrogens with two attached hydrogens (primary N) is 1. The van der Waals surface area contributed by atoms with Gasteiger partial charge in [0.05, 0.1) is 5.60 Å². The van der Waals surface area contributed by atoms with Gasteiger partial charge in [0.15, 0.2) is 0 Å². The van der Waals surface area contributed by atoms with Gasteiger partial charge in [0.2, 0.25) is 0 Å². The number of benzene rings is 1. The van der Waals surface area contributed by atoms with Gasteiger partial charge in [0, 0.05) is 6.20 Å². The lowest BCUT2D eigenvalue weighted by Gasteiger charge is -2.18. The molecule has 20 heavy (non-hydrogen) atoms. The van der Waals surface area contributed by atoms with Crippen molar-refractivity contribution >= 4 is 5.82 Å². The number of pyridine rings is 1. The summed E-state index contributed by atoms with van der Waals surface area (Å²) in [5.41, 5.74) is 8.05. The fourth-order valence-corrected chi connectivity index (χ4v) is 1.88. The molecule has 0 bridgehead atoms. The molecule has 2 aromatic rings. The van der Waals surface area contributed by atoms with Gasteiger partial charge in [-0.25, -0.2) is 4.98 Å². The third-order valence-electron chi connectivity index (χ3n) is 2.89. The summed E-state index contributed by atoms with van der Waals surface area (Å²) in [5, 5.41) is 9.71. The largest absolute Gasteiger partial charge is 0.491 e. The van der Waals surface area contributed by atoms with Crippen molar-refractivity contribution in [3.05, 3.63) is 42.1 Å². The molecule has 0 aliphatic heterocycles. The molecule has 0 aliphatic rings. The summed E-state index contributed by atoms with van der Waals surface area (Å²) in [6, 6.07) is 9.59. The van der Waals surface area contributed by atoms with Crippen LogP contribution in [0, 0.1) is 6.92 Å². The first-order valence-corrected chi connectivity index (χ1v) is 6.53. The normalized spacial score (nSPS) is 11.4. The van der Waals surface area contributed by atoms with Gasteiger partial charge in [0.1, 0.15) is 18.2 Å². The second-order valence-electron chi connectivity index (χ2n) is 5.55. The predicted octanol–water partition coefficient (Wildman–Crippen LogP) is 2.79. The fourth-order valence-electron chi connectivity index (χ4n) is 1.88. The van der Waals surface area contributed by atoms with E-state index in [1.54, 1.807) is 20.0 Å². The van der Waals surface area contributed by atoms with E-state index in [0.717, 1.165) is 22.4 Å². The van der Waals surface area contributed by atoms with Gasteiger partial charge in [-0.2, -0.15) is 0 Å². The third-order valence-corrected chi connectivity index (χ3v) is 2.89. The zero-order chi connectivity index (χ0) is 14.8. The maximum Gasteiger partial charge on any atom is 0.123 e. The topological polar surface area (TPSA) is 68.4 Å². The second kappa shape index (κ2) is 5.51. The van der Waals surface area contributed by atoms with Crippen LogP contribution < -0.4 is 10.5 Å². The Bertz CT molecular complexity index is 604. The Balaban J connectivity index is 2.30. The minimum Gasteiger partial charge on any atom is -0.491 e. The van der Waals surface area contributed by atoms with Crippen molar-refractivity contribution in [2.45, 2.75) is 26.4 Å². The number of hydrogen-bond acceptors (Lipinski definition) is 4. The van der Waals surface area contributed by atoms with Crippen LogP contribution in [0.5, 0.6) is 5.75 Å².